The van der Waals surface area contributed by atoms with Crippen LogP contribution in [-0.4, -0.2) is 33.9 Å². The second kappa shape index (κ2) is 7.05. The van der Waals surface area contributed by atoms with Gasteiger partial charge in [-0.1, -0.05) is 6.08 Å². The van der Waals surface area contributed by atoms with Crippen molar-refractivity contribution in [2.75, 3.05) is 38.8 Å². The fraction of sp³-hybridized carbons (Fsp3) is 0.529. The number of halogens is 1. The molecule has 3 nitrogen and oxygen atoms in total. The van der Waals surface area contributed by atoms with E-state index in [-0.39, 0.29) is 11.9 Å². The molecule has 0 fully saturated rings. The first-order valence-corrected chi connectivity index (χ1v) is 7.46. The zero-order valence-electron chi connectivity index (χ0n) is 13.4. The molecule has 1 aliphatic heterocycles. The Bertz CT molecular complexity index is 528. The van der Waals surface area contributed by atoms with Gasteiger partial charge in [-0.25, -0.2) is 4.39 Å². The molecule has 1 atom stereocenters. The molecule has 0 bridgehead atoms. The number of hydrogen-bond acceptors (Lipinski definition) is 3. The van der Waals surface area contributed by atoms with Crippen molar-refractivity contribution < 1.29 is 9.13 Å². The maximum absolute atomic E-state index is 13.9. The van der Waals surface area contributed by atoms with E-state index in [0.717, 1.165) is 30.8 Å². The van der Waals surface area contributed by atoms with E-state index in [1.807, 2.05) is 20.0 Å². The third-order valence-corrected chi connectivity index (χ3v) is 4.18. The van der Waals surface area contributed by atoms with Crippen LogP contribution in [0.1, 0.15) is 30.5 Å². The quantitative estimate of drug-likeness (QED) is 0.844. The van der Waals surface area contributed by atoms with Crippen LogP contribution in [-0.2, 0) is 4.74 Å². The zero-order valence-corrected chi connectivity index (χ0v) is 13.4. The highest BCUT2D eigenvalue weighted by molar-refractivity contribution is 5.58. The molecule has 1 aliphatic rings. The molecular weight excluding hydrogens is 267 g/mol. The van der Waals surface area contributed by atoms with Crippen molar-refractivity contribution in [1.29, 1.82) is 0 Å². The van der Waals surface area contributed by atoms with Gasteiger partial charge in [0, 0.05) is 31.9 Å². The normalized spacial score (nSPS) is 16.8. The summed E-state index contributed by atoms with van der Waals surface area (Å²) in [5.74, 6) is -0.136. The maximum atomic E-state index is 13.9. The Balaban J connectivity index is 2.29. The zero-order chi connectivity index (χ0) is 15.4. The largest absolute Gasteiger partial charge is 0.380 e. The minimum absolute atomic E-state index is 0.124. The summed E-state index contributed by atoms with van der Waals surface area (Å²) in [4.78, 5) is 2.31. The summed E-state index contributed by atoms with van der Waals surface area (Å²) < 4.78 is 19.1. The molecule has 0 amide bonds. The van der Waals surface area contributed by atoms with Crippen LogP contribution in [0.2, 0.25) is 0 Å². The minimum Gasteiger partial charge on any atom is -0.380 e. The Kier molecular flexibility index (Phi) is 5.37. The van der Waals surface area contributed by atoms with E-state index in [2.05, 4.69) is 23.2 Å². The summed E-state index contributed by atoms with van der Waals surface area (Å²) >= 11 is 0. The number of nitrogens with zero attached hydrogens (tertiary/aromatic N) is 1. The van der Waals surface area contributed by atoms with Crippen molar-refractivity contribution in [2.45, 2.75) is 26.3 Å². The van der Waals surface area contributed by atoms with Gasteiger partial charge in [0.15, 0.2) is 0 Å². The number of anilines is 1. The monoisotopic (exact) mass is 292 g/mol. The number of aryl methyl sites for hydroxylation is 1. The van der Waals surface area contributed by atoms with E-state index in [4.69, 9.17) is 4.74 Å². The number of hydrogen-bond donors (Lipinski definition) is 1. The lowest BCUT2D eigenvalue weighted by Gasteiger charge is -2.32. The van der Waals surface area contributed by atoms with Crippen LogP contribution in [0, 0.1) is 12.7 Å². The van der Waals surface area contributed by atoms with Crippen molar-refractivity contribution in [1.82, 2.24) is 5.32 Å². The molecule has 2 rings (SSSR count). The second-order valence-electron chi connectivity index (χ2n) is 5.66. The standard InChI is InChI=1S/C17H25FN2O/c1-12-9-17(15(10-16(12)18)13(2)19-3)20-7-5-14(6-8-20)11-21-4/h5,9-10,13,19H,6-8,11H2,1-4H3. The van der Waals surface area contributed by atoms with Gasteiger partial charge in [0.2, 0.25) is 0 Å². The van der Waals surface area contributed by atoms with Crippen LogP contribution in [0.25, 0.3) is 0 Å². The van der Waals surface area contributed by atoms with Gasteiger partial charge in [-0.2, -0.15) is 0 Å². The number of nitrogens with one attached hydrogen (secondary N) is 1. The molecule has 0 saturated carbocycles. The third-order valence-electron chi connectivity index (χ3n) is 4.18. The van der Waals surface area contributed by atoms with Gasteiger partial charge in [-0.05, 0) is 56.1 Å². The van der Waals surface area contributed by atoms with Gasteiger partial charge in [0.05, 0.1) is 6.61 Å². The minimum atomic E-state index is -0.136. The maximum Gasteiger partial charge on any atom is 0.126 e. The van der Waals surface area contributed by atoms with Crippen molar-refractivity contribution in [3.63, 3.8) is 0 Å². The van der Waals surface area contributed by atoms with Crippen LogP contribution in [0.5, 0.6) is 0 Å². The van der Waals surface area contributed by atoms with Crippen molar-refractivity contribution >= 4 is 5.69 Å². The molecule has 1 aromatic carbocycles. The second-order valence-corrected chi connectivity index (χ2v) is 5.66. The summed E-state index contributed by atoms with van der Waals surface area (Å²) in [7, 11) is 3.63. The summed E-state index contributed by atoms with van der Waals surface area (Å²) in [6.45, 7) is 6.39. The molecule has 0 aliphatic carbocycles. The first kappa shape index (κ1) is 16.0. The summed E-state index contributed by atoms with van der Waals surface area (Å²) in [6.07, 6.45) is 3.22. The first-order valence-electron chi connectivity index (χ1n) is 7.46. The van der Waals surface area contributed by atoms with E-state index in [1.165, 1.54) is 5.57 Å². The van der Waals surface area contributed by atoms with E-state index in [0.29, 0.717) is 12.2 Å². The Labute approximate surface area is 126 Å². The molecule has 1 unspecified atom stereocenters. The third kappa shape index (κ3) is 3.63. The molecule has 0 radical (unpaired) electrons. The van der Waals surface area contributed by atoms with E-state index >= 15 is 0 Å². The lowest BCUT2D eigenvalue weighted by atomic mass is 10.00. The summed E-state index contributed by atoms with van der Waals surface area (Å²) in [5.41, 5.74) is 4.19. The van der Waals surface area contributed by atoms with Crippen LogP contribution in [0.4, 0.5) is 10.1 Å². The predicted molar refractivity (Wildman–Crippen MR) is 85.4 cm³/mol. The fourth-order valence-corrected chi connectivity index (χ4v) is 2.70. The van der Waals surface area contributed by atoms with Gasteiger partial charge in [-0.15, -0.1) is 0 Å². The molecule has 0 spiro atoms. The molecular formula is C17H25FN2O. The Morgan fingerprint density at radius 1 is 1.43 bits per heavy atom. The van der Waals surface area contributed by atoms with Crippen molar-refractivity contribution in [3.8, 4) is 0 Å². The van der Waals surface area contributed by atoms with Gasteiger partial charge in [0.1, 0.15) is 5.82 Å². The smallest absolute Gasteiger partial charge is 0.126 e. The van der Waals surface area contributed by atoms with Crippen LogP contribution in [0.15, 0.2) is 23.8 Å². The van der Waals surface area contributed by atoms with Crippen molar-refractivity contribution in [2.24, 2.45) is 0 Å². The van der Waals surface area contributed by atoms with E-state index in [9.17, 15) is 4.39 Å². The molecule has 116 valence electrons. The summed E-state index contributed by atoms with van der Waals surface area (Å²) in [6, 6.07) is 3.76. The van der Waals surface area contributed by atoms with Gasteiger partial charge in [-0.3, -0.25) is 0 Å². The number of rotatable bonds is 5. The van der Waals surface area contributed by atoms with Crippen molar-refractivity contribution in [3.05, 3.63) is 40.7 Å². The molecule has 1 heterocycles. The van der Waals surface area contributed by atoms with Gasteiger partial charge < -0.3 is 15.0 Å². The molecule has 4 heteroatoms. The summed E-state index contributed by atoms with van der Waals surface area (Å²) in [5, 5.41) is 3.21. The highest BCUT2D eigenvalue weighted by atomic mass is 19.1. The lowest BCUT2D eigenvalue weighted by molar-refractivity contribution is 0.222. The number of ether oxygens (including phenoxy) is 1. The van der Waals surface area contributed by atoms with Crippen LogP contribution in [0.3, 0.4) is 0 Å². The SMILES string of the molecule is CNC(C)c1cc(F)c(C)cc1N1CC=C(COC)CC1. The average Bonchev–Trinajstić information content (AvgIpc) is 2.50. The van der Waals surface area contributed by atoms with Crippen LogP contribution < -0.4 is 10.2 Å². The van der Waals surface area contributed by atoms with Gasteiger partial charge >= 0.3 is 0 Å². The topological polar surface area (TPSA) is 24.5 Å². The highest BCUT2D eigenvalue weighted by Crippen LogP contribution is 2.31. The molecule has 1 aromatic rings. The molecule has 21 heavy (non-hydrogen) atoms. The number of methoxy groups -OCH3 is 1. The predicted octanol–water partition coefficient (Wildman–Crippen LogP) is 3.20. The molecule has 0 aromatic heterocycles. The first-order chi connectivity index (χ1) is 10.1. The fourth-order valence-electron chi connectivity index (χ4n) is 2.70. The van der Waals surface area contributed by atoms with Crippen LogP contribution >= 0.6 is 0 Å². The Morgan fingerprint density at radius 2 is 2.19 bits per heavy atom. The Hall–Kier alpha value is -1.39. The molecule has 0 saturated heterocycles. The lowest BCUT2D eigenvalue weighted by Crippen LogP contribution is -2.31. The Morgan fingerprint density at radius 3 is 2.76 bits per heavy atom. The number of benzene rings is 1. The van der Waals surface area contributed by atoms with Gasteiger partial charge in [0.25, 0.3) is 0 Å². The average molecular weight is 292 g/mol. The highest BCUT2D eigenvalue weighted by Gasteiger charge is 2.19. The molecule has 1 N–H and O–H groups in total. The van der Waals surface area contributed by atoms with E-state index in [1.54, 1.807) is 13.2 Å². The van der Waals surface area contributed by atoms with E-state index < -0.39 is 0 Å².